The zero-order valence-corrected chi connectivity index (χ0v) is 20.1. The highest BCUT2D eigenvalue weighted by Gasteiger charge is 2.27. The van der Waals surface area contributed by atoms with Crippen LogP contribution in [0.4, 0.5) is 5.82 Å². The summed E-state index contributed by atoms with van der Waals surface area (Å²) >= 11 is 0. The van der Waals surface area contributed by atoms with Gasteiger partial charge in [0.15, 0.2) is 0 Å². The van der Waals surface area contributed by atoms with E-state index in [9.17, 15) is 9.59 Å². The van der Waals surface area contributed by atoms with Gasteiger partial charge in [0.05, 0.1) is 17.8 Å². The summed E-state index contributed by atoms with van der Waals surface area (Å²) in [5.41, 5.74) is 0.547. The molecule has 0 spiro atoms. The summed E-state index contributed by atoms with van der Waals surface area (Å²) in [6.45, 7) is 19.2. The molecule has 1 N–H and O–H groups in total. The molecule has 0 aromatic carbocycles. The van der Waals surface area contributed by atoms with Crippen LogP contribution in [-0.4, -0.2) is 39.6 Å². The molecule has 6 heteroatoms. The Kier molecular flexibility index (Phi) is 8.91. The maximum absolute atomic E-state index is 12.9. The third-order valence-electron chi connectivity index (χ3n) is 5.16. The first-order valence-corrected chi connectivity index (χ1v) is 11.0. The highest BCUT2D eigenvalue weighted by atomic mass is 16.2. The molecule has 0 fully saturated rings. The highest BCUT2D eigenvalue weighted by Crippen LogP contribution is 2.28. The van der Waals surface area contributed by atoms with Gasteiger partial charge in [-0.15, -0.1) is 0 Å². The van der Waals surface area contributed by atoms with E-state index in [2.05, 4.69) is 53.8 Å². The molecule has 6 nitrogen and oxygen atoms in total. The summed E-state index contributed by atoms with van der Waals surface area (Å²) in [6.07, 6.45) is 3.80. The van der Waals surface area contributed by atoms with Gasteiger partial charge >= 0.3 is 0 Å². The molecule has 0 unspecified atom stereocenters. The van der Waals surface area contributed by atoms with Gasteiger partial charge in [-0.05, 0) is 40.5 Å². The van der Waals surface area contributed by atoms with Crippen molar-refractivity contribution in [2.45, 2.75) is 99.0 Å². The lowest BCUT2D eigenvalue weighted by molar-refractivity contribution is -0.138. The molecule has 29 heavy (non-hydrogen) atoms. The van der Waals surface area contributed by atoms with Gasteiger partial charge in [0.1, 0.15) is 5.82 Å². The van der Waals surface area contributed by atoms with Crippen LogP contribution in [0.3, 0.4) is 0 Å². The lowest BCUT2D eigenvalue weighted by Crippen LogP contribution is -2.41. The molecular formula is C23H42N4O2. The molecule has 0 saturated heterocycles. The molecule has 0 aliphatic heterocycles. The lowest BCUT2D eigenvalue weighted by Gasteiger charge is -2.26. The number of anilines is 1. The zero-order chi connectivity index (χ0) is 22.4. The fourth-order valence-corrected chi connectivity index (χ4v) is 3.26. The fraction of sp³-hybridized carbons (Fsp3) is 0.783. The first-order chi connectivity index (χ1) is 13.3. The lowest BCUT2D eigenvalue weighted by atomic mass is 9.92. The number of hydrogen-bond acceptors (Lipinski definition) is 3. The van der Waals surface area contributed by atoms with E-state index < -0.39 is 0 Å². The largest absolute Gasteiger partial charge is 0.333 e. The molecular weight excluding hydrogens is 364 g/mol. The SMILES string of the molecule is CCCC[C@@H](CC)C(=O)N(CC)CC(=O)Nc1cc(C(C)(C)C)nn1C(C)(C)C. The molecule has 1 aromatic rings. The van der Waals surface area contributed by atoms with Crippen LogP contribution in [0.25, 0.3) is 0 Å². The van der Waals surface area contributed by atoms with E-state index in [1.165, 1.54) is 0 Å². The number of likely N-dealkylation sites (N-methyl/N-ethyl adjacent to an activating group) is 1. The molecule has 1 heterocycles. The fourth-order valence-electron chi connectivity index (χ4n) is 3.26. The molecule has 2 amide bonds. The predicted octanol–water partition coefficient (Wildman–Crippen LogP) is 4.94. The minimum atomic E-state index is -0.264. The molecule has 0 aliphatic carbocycles. The number of unbranched alkanes of at least 4 members (excludes halogenated alkanes) is 1. The van der Waals surface area contributed by atoms with Gasteiger partial charge in [-0.25, -0.2) is 4.68 Å². The van der Waals surface area contributed by atoms with Crippen LogP contribution in [0, 0.1) is 5.92 Å². The molecule has 0 saturated carbocycles. The Balaban J connectivity index is 2.97. The van der Waals surface area contributed by atoms with Gasteiger partial charge < -0.3 is 10.2 Å². The van der Waals surface area contributed by atoms with E-state index in [0.29, 0.717) is 12.4 Å². The van der Waals surface area contributed by atoms with Crippen LogP contribution in [0.2, 0.25) is 0 Å². The standard InChI is InChI=1S/C23H42N4O2/c1-10-13-14-17(11-2)21(29)26(12-3)16-20(28)24-19-15-18(22(4,5)6)25-27(19)23(7,8)9/h15,17H,10-14,16H2,1-9H3,(H,24,28)/t17-/m1/s1. The van der Waals surface area contributed by atoms with Gasteiger partial charge in [-0.2, -0.15) is 5.10 Å². The number of carbonyl (C=O) groups excluding carboxylic acids is 2. The Morgan fingerprint density at radius 3 is 2.21 bits per heavy atom. The van der Waals surface area contributed by atoms with Crippen molar-refractivity contribution in [2.24, 2.45) is 5.92 Å². The first-order valence-electron chi connectivity index (χ1n) is 11.0. The summed E-state index contributed by atoms with van der Waals surface area (Å²) in [5.74, 6) is 0.568. The van der Waals surface area contributed by atoms with Gasteiger partial charge in [-0.1, -0.05) is 47.5 Å². The number of nitrogens with one attached hydrogen (secondary N) is 1. The second-order valence-corrected chi connectivity index (χ2v) is 9.90. The topological polar surface area (TPSA) is 67.2 Å². The maximum Gasteiger partial charge on any atom is 0.245 e. The molecule has 1 rings (SSSR count). The number of nitrogens with zero attached hydrogens (tertiary/aromatic N) is 3. The van der Waals surface area contributed by atoms with Crippen molar-refractivity contribution in [1.29, 1.82) is 0 Å². The Morgan fingerprint density at radius 2 is 1.76 bits per heavy atom. The summed E-state index contributed by atoms with van der Waals surface area (Å²) in [6, 6.07) is 1.94. The van der Waals surface area contributed by atoms with Crippen LogP contribution in [-0.2, 0) is 20.5 Å². The Bertz CT molecular complexity index is 680. The number of rotatable bonds is 9. The second-order valence-electron chi connectivity index (χ2n) is 9.90. The minimum absolute atomic E-state index is 0.00436. The van der Waals surface area contributed by atoms with Crippen LogP contribution in [0.1, 0.15) is 93.7 Å². The second kappa shape index (κ2) is 10.3. The predicted molar refractivity (Wildman–Crippen MR) is 120 cm³/mol. The van der Waals surface area contributed by atoms with Crippen molar-refractivity contribution < 1.29 is 9.59 Å². The van der Waals surface area contributed by atoms with E-state index in [1.54, 1.807) is 4.90 Å². The summed E-state index contributed by atoms with van der Waals surface area (Å²) in [7, 11) is 0. The van der Waals surface area contributed by atoms with Gasteiger partial charge in [0.2, 0.25) is 11.8 Å². The maximum atomic E-state index is 12.9. The number of amides is 2. The van der Waals surface area contributed by atoms with Crippen LogP contribution < -0.4 is 5.32 Å². The number of hydrogen-bond donors (Lipinski definition) is 1. The Morgan fingerprint density at radius 1 is 1.14 bits per heavy atom. The quantitative estimate of drug-likeness (QED) is 0.632. The monoisotopic (exact) mass is 406 g/mol. The van der Waals surface area contributed by atoms with Gasteiger partial charge in [-0.3, -0.25) is 9.59 Å². The van der Waals surface area contributed by atoms with E-state index >= 15 is 0 Å². The molecule has 0 aliphatic rings. The van der Waals surface area contributed by atoms with E-state index in [-0.39, 0.29) is 35.2 Å². The first kappa shape index (κ1) is 25.2. The van der Waals surface area contributed by atoms with Crippen molar-refractivity contribution in [2.75, 3.05) is 18.4 Å². The minimum Gasteiger partial charge on any atom is -0.333 e. The molecule has 1 aromatic heterocycles. The normalized spacial score (nSPS) is 13.3. The van der Waals surface area contributed by atoms with E-state index in [4.69, 9.17) is 5.10 Å². The smallest absolute Gasteiger partial charge is 0.245 e. The average molecular weight is 407 g/mol. The van der Waals surface area contributed by atoms with Gasteiger partial charge in [0.25, 0.3) is 0 Å². The van der Waals surface area contributed by atoms with Crippen molar-refractivity contribution in [3.8, 4) is 0 Å². The summed E-state index contributed by atoms with van der Waals surface area (Å²) in [4.78, 5) is 27.4. The van der Waals surface area contributed by atoms with Crippen molar-refractivity contribution in [3.63, 3.8) is 0 Å². The molecule has 0 radical (unpaired) electrons. The number of carbonyl (C=O) groups is 2. The van der Waals surface area contributed by atoms with Crippen LogP contribution >= 0.6 is 0 Å². The highest BCUT2D eigenvalue weighted by molar-refractivity contribution is 5.94. The Labute approximate surface area is 177 Å². The zero-order valence-electron chi connectivity index (χ0n) is 20.1. The summed E-state index contributed by atoms with van der Waals surface area (Å²) in [5, 5.41) is 7.73. The molecule has 1 atom stereocenters. The van der Waals surface area contributed by atoms with Crippen LogP contribution in [0.5, 0.6) is 0 Å². The van der Waals surface area contributed by atoms with Crippen molar-refractivity contribution >= 4 is 17.6 Å². The average Bonchev–Trinajstić information content (AvgIpc) is 3.04. The number of aromatic nitrogens is 2. The van der Waals surface area contributed by atoms with Gasteiger partial charge in [0, 0.05) is 23.9 Å². The molecule has 0 bridgehead atoms. The Hall–Kier alpha value is -1.85. The van der Waals surface area contributed by atoms with Crippen molar-refractivity contribution in [3.05, 3.63) is 11.8 Å². The third-order valence-corrected chi connectivity index (χ3v) is 5.16. The molecule has 166 valence electrons. The third kappa shape index (κ3) is 7.16. The van der Waals surface area contributed by atoms with E-state index in [1.807, 2.05) is 24.6 Å². The van der Waals surface area contributed by atoms with Crippen molar-refractivity contribution in [1.82, 2.24) is 14.7 Å². The van der Waals surface area contributed by atoms with E-state index in [0.717, 1.165) is 31.4 Å². The van der Waals surface area contributed by atoms with Crippen LogP contribution in [0.15, 0.2) is 6.07 Å². The summed E-state index contributed by atoms with van der Waals surface area (Å²) < 4.78 is 1.86.